The highest BCUT2D eigenvalue weighted by molar-refractivity contribution is 6.34. The van der Waals surface area contributed by atoms with Crippen molar-refractivity contribution < 1.29 is 4.79 Å². The number of rotatable bonds is 1. The molecule has 0 spiro atoms. The van der Waals surface area contributed by atoms with Gasteiger partial charge in [-0.25, -0.2) is 4.98 Å². The first-order valence-electron chi connectivity index (χ1n) is 6.80. The second-order valence-electron chi connectivity index (χ2n) is 6.15. The zero-order valence-corrected chi connectivity index (χ0v) is 12.4. The minimum absolute atomic E-state index is 0.0518. The molecular formula is C16H17ClN2O. The lowest BCUT2D eigenvalue weighted by molar-refractivity contribution is 0.0780. The first-order valence-corrected chi connectivity index (χ1v) is 7.18. The molecule has 20 heavy (non-hydrogen) atoms. The van der Waals surface area contributed by atoms with E-state index in [0.717, 1.165) is 30.3 Å². The topological polar surface area (TPSA) is 33.2 Å². The van der Waals surface area contributed by atoms with Crippen LogP contribution in [-0.4, -0.2) is 28.9 Å². The van der Waals surface area contributed by atoms with Crippen LogP contribution < -0.4 is 0 Å². The van der Waals surface area contributed by atoms with Crippen molar-refractivity contribution in [2.75, 3.05) is 13.1 Å². The van der Waals surface area contributed by atoms with Crippen molar-refractivity contribution in [3.8, 4) is 0 Å². The molecule has 2 aromatic rings. The molecule has 2 heterocycles. The molecule has 0 N–H and O–H groups in total. The van der Waals surface area contributed by atoms with Crippen LogP contribution in [0, 0.1) is 5.41 Å². The van der Waals surface area contributed by atoms with Gasteiger partial charge in [-0.3, -0.25) is 4.79 Å². The SMILES string of the molecule is CC1(C)CCN(C(=O)c2cnc(Cl)c3ccccc23)C1. The van der Waals surface area contributed by atoms with Gasteiger partial charge in [-0.1, -0.05) is 49.7 Å². The van der Waals surface area contributed by atoms with E-state index in [1.54, 1.807) is 6.20 Å². The Hall–Kier alpha value is -1.61. The molecule has 1 aliphatic heterocycles. The van der Waals surface area contributed by atoms with E-state index in [4.69, 9.17) is 11.6 Å². The number of carbonyl (C=O) groups excluding carboxylic acids is 1. The smallest absolute Gasteiger partial charge is 0.256 e. The normalized spacial score (nSPS) is 17.6. The molecule has 1 aromatic carbocycles. The lowest BCUT2D eigenvalue weighted by atomic mass is 9.93. The molecule has 0 atom stereocenters. The zero-order chi connectivity index (χ0) is 14.3. The third kappa shape index (κ3) is 2.27. The Kier molecular flexibility index (Phi) is 3.17. The Balaban J connectivity index is 2.03. The van der Waals surface area contributed by atoms with Crippen LogP contribution in [0.5, 0.6) is 0 Å². The standard InChI is InChI=1S/C16H17ClN2O/c1-16(2)7-8-19(10-16)15(20)13-9-18-14(17)12-6-4-3-5-11(12)13/h3-6,9H,7-8,10H2,1-2H3. The number of halogens is 1. The highest BCUT2D eigenvalue weighted by Gasteiger charge is 2.33. The van der Waals surface area contributed by atoms with Gasteiger partial charge in [-0.2, -0.15) is 0 Å². The summed E-state index contributed by atoms with van der Waals surface area (Å²) in [5, 5.41) is 2.15. The van der Waals surface area contributed by atoms with Crippen molar-refractivity contribution in [1.29, 1.82) is 0 Å². The van der Waals surface area contributed by atoms with Crippen molar-refractivity contribution >= 4 is 28.3 Å². The summed E-state index contributed by atoms with van der Waals surface area (Å²) < 4.78 is 0. The van der Waals surface area contributed by atoms with E-state index in [2.05, 4.69) is 18.8 Å². The Morgan fingerprint density at radius 1 is 1.30 bits per heavy atom. The van der Waals surface area contributed by atoms with Crippen LogP contribution in [0.3, 0.4) is 0 Å². The number of benzene rings is 1. The number of hydrogen-bond acceptors (Lipinski definition) is 2. The quantitative estimate of drug-likeness (QED) is 0.749. The monoisotopic (exact) mass is 288 g/mol. The Morgan fingerprint density at radius 2 is 2.00 bits per heavy atom. The highest BCUT2D eigenvalue weighted by Crippen LogP contribution is 2.31. The molecule has 0 unspecified atom stereocenters. The van der Waals surface area contributed by atoms with Crippen molar-refractivity contribution in [3.63, 3.8) is 0 Å². The molecule has 3 rings (SSSR count). The maximum absolute atomic E-state index is 12.7. The zero-order valence-electron chi connectivity index (χ0n) is 11.7. The number of amides is 1. The maximum Gasteiger partial charge on any atom is 0.256 e. The second kappa shape index (κ2) is 4.74. The Morgan fingerprint density at radius 3 is 2.65 bits per heavy atom. The molecular weight excluding hydrogens is 272 g/mol. The van der Waals surface area contributed by atoms with Crippen molar-refractivity contribution in [3.05, 3.63) is 41.2 Å². The number of hydrogen-bond donors (Lipinski definition) is 0. The molecule has 104 valence electrons. The van der Waals surface area contributed by atoms with E-state index in [9.17, 15) is 4.79 Å². The van der Waals surface area contributed by atoms with E-state index in [1.165, 1.54) is 0 Å². The first-order chi connectivity index (χ1) is 9.48. The largest absolute Gasteiger partial charge is 0.338 e. The van der Waals surface area contributed by atoms with Crippen LogP contribution in [0.25, 0.3) is 10.8 Å². The molecule has 1 fully saturated rings. The number of likely N-dealkylation sites (tertiary alicyclic amines) is 1. The van der Waals surface area contributed by atoms with Gasteiger partial charge in [0.15, 0.2) is 0 Å². The van der Waals surface area contributed by atoms with Crippen LogP contribution in [0.2, 0.25) is 5.15 Å². The van der Waals surface area contributed by atoms with Gasteiger partial charge >= 0.3 is 0 Å². The second-order valence-corrected chi connectivity index (χ2v) is 6.51. The van der Waals surface area contributed by atoms with Crippen molar-refractivity contribution in [2.45, 2.75) is 20.3 Å². The minimum Gasteiger partial charge on any atom is -0.338 e. The lowest BCUT2D eigenvalue weighted by Crippen LogP contribution is -2.30. The predicted molar refractivity (Wildman–Crippen MR) is 81.1 cm³/mol. The van der Waals surface area contributed by atoms with Crippen LogP contribution in [0.4, 0.5) is 0 Å². The number of aromatic nitrogens is 1. The van der Waals surface area contributed by atoms with Gasteiger partial charge in [0.25, 0.3) is 5.91 Å². The van der Waals surface area contributed by atoms with E-state index < -0.39 is 0 Å². The van der Waals surface area contributed by atoms with Crippen LogP contribution in [-0.2, 0) is 0 Å². The molecule has 1 aliphatic rings. The number of fused-ring (bicyclic) bond motifs is 1. The molecule has 0 aliphatic carbocycles. The highest BCUT2D eigenvalue weighted by atomic mass is 35.5. The summed E-state index contributed by atoms with van der Waals surface area (Å²) in [5.74, 6) is 0.0518. The first kappa shape index (κ1) is 13.4. The fourth-order valence-electron chi connectivity index (χ4n) is 2.78. The van der Waals surface area contributed by atoms with Gasteiger partial charge in [0.05, 0.1) is 5.56 Å². The van der Waals surface area contributed by atoms with Gasteiger partial charge in [0.2, 0.25) is 0 Å². The number of carbonyl (C=O) groups is 1. The fraction of sp³-hybridized carbons (Fsp3) is 0.375. The van der Waals surface area contributed by atoms with Gasteiger partial charge in [-0.05, 0) is 17.2 Å². The van der Waals surface area contributed by atoms with Crippen molar-refractivity contribution in [2.24, 2.45) is 5.41 Å². The average molecular weight is 289 g/mol. The molecule has 1 amide bonds. The molecule has 0 radical (unpaired) electrons. The summed E-state index contributed by atoms with van der Waals surface area (Å²) in [5.41, 5.74) is 0.841. The average Bonchev–Trinajstić information content (AvgIpc) is 2.79. The molecule has 1 saturated heterocycles. The van der Waals surface area contributed by atoms with E-state index in [1.807, 2.05) is 29.2 Å². The summed E-state index contributed by atoms with van der Waals surface area (Å²) in [6, 6.07) is 7.65. The molecule has 1 aromatic heterocycles. The number of pyridine rings is 1. The summed E-state index contributed by atoms with van der Waals surface area (Å²) in [7, 11) is 0. The molecule has 0 saturated carbocycles. The predicted octanol–water partition coefficient (Wildman–Crippen LogP) is 3.76. The van der Waals surface area contributed by atoms with E-state index >= 15 is 0 Å². The van der Waals surface area contributed by atoms with E-state index in [-0.39, 0.29) is 11.3 Å². The van der Waals surface area contributed by atoms with Crippen LogP contribution in [0.1, 0.15) is 30.6 Å². The molecule has 4 heteroatoms. The number of nitrogens with zero attached hydrogens (tertiary/aromatic N) is 2. The van der Waals surface area contributed by atoms with Gasteiger partial charge in [0, 0.05) is 24.7 Å². The van der Waals surface area contributed by atoms with Crippen LogP contribution >= 0.6 is 11.6 Å². The lowest BCUT2D eigenvalue weighted by Gasteiger charge is -2.20. The summed E-state index contributed by atoms with van der Waals surface area (Å²) in [6.45, 7) is 5.99. The Labute approximate surface area is 123 Å². The third-order valence-corrected chi connectivity index (χ3v) is 4.24. The molecule has 0 bridgehead atoms. The minimum atomic E-state index is 0.0518. The molecule has 3 nitrogen and oxygen atoms in total. The van der Waals surface area contributed by atoms with E-state index in [0.29, 0.717) is 10.7 Å². The van der Waals surface area contributed by atoms with Crippen LogP contribution in [0.15, 0.2) is 30.5 Å². The summed E-state index contributed by atoms with van der Waals surface area (Å²) in [6.07, 6.45) is 2.63. The summed E-state index contributed by atoms with van der Waals surface area (Å²) in [4.78, 5) is 18.8. The van der Waals surface area contributed by atoms with Crippen molar-refractivity contribution in [1.82, 2.24) is 9.88 Å². The third-order valence-electron chi connectivity index (χ3n) is 3.94. The Bertz CT molecular complexity index is 681. The van der Waals surface area contributed by atoms with Gasteiger partial charge in [-0.15, -0.1) is 0 Å². The fourth-order valence-corrected chi connectivity index (χ4v) is 3.00. The maximum atomic E-state index is 12.7. The summed E-state index contributed by atoms with van der Waals surface area (Å²) >= 11 is 6.10. The van der Waals surface area contributed by atoms with Gasteiger partial charge < -0.3 is 4.90 Å². The van der Waals surface area contributed by atoms with Gasteiger partial charge in [0.1, 0.15) is 5.15 Å².